The van der Waals surface area contributed by atoms with Crippen LogP contribution in [-0.4, -0.2) is 25.4 Å². The van der Waals surface area contributed by atoms with Crippen molar-refractivity contribution in [2.45, 2.75) is 56.8 Å². The molecule has 2 aliphatic carbocycles. The molecule has 2 aliphatic rings. The number of ether oxygens (including phenoxy) is 2. The van der Waals surface area contributed by atoms with Gasteiger partial charge in [-0.15, -0.1) is 0 Å². The molecule has 0 spiro atoms. The molecule has 1 aromatic rings. The Morgan fingerprint density at radius 1 is 1.25 bits per heavy atom. The van der Waals surface area contributed by atoms with Gasteiger partial charge in [0.05, 0.1) is 17.7 Å². The minimum atomic E-state index is -0.0190. The lowest BCUT2D eigenvalue weighted by atomic mass is 9.72. The van der Waals surface area contributed by atoms with Gasteiger partial charge in [-0.05, 0) is 56.3 Å². The van der Waals surface area contributed by atoms with E-state index >= 15 is 0 Å². The molecule has 20 heavy (non-hydrogen) atoms. The summed E-state index contributed by atoms with van der Waals surface area (Å²) >= 11 is 0. The molecule has 1 N–H and O–H groups in total. The normalized spacial score (nSPS) is 22.1. The van der Waals surface area contributed by atoms with Crippen LogP contribution in [0.15, 0.2) is 24.3 Å². The van der Waals surface area contributed by atoms with Gasteiger partial charge in [0.1, 0.15) is 5.75 Å². The third-order valence-corrected chi connectivity index (χ3v) is 4.58. The molecular weight excluding hydrogens is 250 g/mol. The molecular formula is C17H25NO2. The van der Waals surface area contributed by atoms with E-state index in [-0.39, 0.29) is 11.6 Å². The summed E-state index contributed by atoms with van der Waals surface area (Å²) in [6.45, 7) is 3.11. The third-order valence-electron chi connectivity index (χ3n) is 4.58. The van der Waals surface area contributed by atoms with Crippen LogP contribution in [0.25, 0.3) is 0 Å². The summed E-state index contributed by atoms with van der Waals surface area (Å²) in [4.78, 5) is 0. The highest BCUT2D eigenvalue weighted by atomic mass is 16.5. The average Bonchev–Trinajstić information content (AvgIpc) is 3.22. The van der Waals surface area contributed by atoms with Gasteiger partial charge in [0.15, 0.2) is 0 Å². The summed E-state index contributed by atoms with van der Waals surface area (Å²) in [6.07, 6.45) is 6.41. The van der Waals surface area contributed by atoms with E-state index in [1.54, 1.807) is 0 Å². The molecule has 3 nitrogen and oxygen atoms in total. The van der Waals surface area contributed by atoms with Gasteiger partial charge in [0.25, 0.3) is 0 Å². The molecule has 2 saturated carbocycles. The van der Waals surface area contributed by atoms with Crippen LogP contribution in [-0.2, 0) is 4.74 Å². The Morgan fingerprint density at radius 3 is 2.40 bits per heavy atom. The quantitative estimate of drug-likeness (QED) is 0.827. The second-order valence-corrected chi connectivity index (χ2v) is 6.00. The van der Waals surface area contributed by atoms with Crippen LogP contribution in [0.4, 0.5) is 0 Å². The van der Waals surface area contributed by atoms with E-state index in [4.69, 9.17) is 9.47 Å². The second kappa shape index (κ2) is 5.74. The van der Waals surface area contributed by atoms with Crippen molar-refractivity contribution in [3.8, 4) is 5.75 Å². The first kappa shape index (κ1) is 13.9. The number of benzene rings is 1. The van der Waals surface area contributed by atoms with Crippen molar-refractivity contribution in [2.75, 3.05) is 13.7 Å². The SMILES string of the molecule is CCNC(c1ccc(OC2CC2)cc1)C1(OC)CCC1. The van der Waals surface area contributed by atoms with Crippen molar-refractivity contribution in [1.82, 2.24) is 5.32 Å². The van der Waals surface area contributed by atoms with Crippen molar-refractivity contribution < 1.29 is 9.47 Å². The highest BCUT2D eigenvalue weighted by Gasteiger charge is 2.44. The molecule has 2 fully saturated rings. The van der Waals surface area contributed by atoms with Gasteiger partial charge < -0.3 is 14.8 Å². The summed E-state index contributed by atoms with van der Waals surface area (Å²) < 4.78 is 11.7. The molecule has 3 heteroatoms. The molecule has 0 bridgehead atoms. The maximum atomic E-state index is 5.85. The zero-order valence-corrected chi connectivity index (χ0v) is 12.5. The molecule has 0 saturated heterocycles. The largest absolute Gasteiger partial charge is 0.490 e. The van der Waals surface area contributed by atoms with Gasteiger partial charge in [-0.3, -0.25) is 0 Å². The van der Waals surface area contributed by atoms with Gasteiger partial charge >= 0.3 is 0 Å². The predicted octanol–water partition coefficient (Wildman–Crippen LogP) is 3.45. The van der Waals surface area contributed by atoms with Gasteiger partial charge in [0.2, 0.25) is 0 Å². The van der Waals surface area contributed by atoms with Crippen LogP contribution >= 0.6 is 0 Å². The molecule has 0 radical (unpaired) electrons. The number of hydrogen-bond acceptors (Lipinski definition) is 3. The fraction of sp³-hybridized carbons (Fsp3) is 0.647. The van der Waals surface area contributed by atoms with E-state index in [9.17, 15) is 0 Å². The molecule has 1 atom stereocenters. The van der Waals surface area contributed by atoms with Crippen LogP contribution in [0.1, 0.15) is 50.6 Å². The summed E-state index contributed by atoms with van der Waals surface area (Å²) in [5.41, 5.74) is 1.28. The summed E-state index contributed by atoms with van der Waals surface area (Å²) in [5.74, 6) is 0.992. The van der Waals surface area contributed by atoms with Crippen molar-refractivity contribution in [3.05, 3.63) is 29.8 Å². The van der Waals surface area contributed by atoms with Crippen LogP contribution in [0.5, 0.6) is 5.75 Å². The first-order valence-electron chi connectivity index (χ1n) is 7.82. The minimum absolute atomic E-state index is 0.0190. The van der Waals surface area contributed by atoms with Crippen LogP contribution in [0.3, 0.4) is 0 Å². The predicted molar refractivity (Wildman–Crippen MR) is 80.1 cm³/mol. The molecule has 0 aromatic heterocycles. The minimum Gasteiger partial charge on any atom is -0.490 e. The summed E-state index contributed by atoms with van der Waals surface area (Å²) in [5, 5.41) is 3.60. The fourth-order valence-corrected chi connectivity index (χ4v) is 3.06. The maximum Gasteiger partial charge on any atom is 0.119 e. The van der Waals surface area contributed by atoms with Crippen molar-refractivity contribution in [1.29, 1.82) is 0 Å². The maximum absolute atomic E-state index is 5.85. The lowest BCUT2D eigenvalue weighted by Gasteiger charge is -2.47. The number of rotatable bonds is 7. The Bertz CT molecular complexity index is 429. The van der Waals surface area contributed by atoms with Gasteiger partial charge in [-0.25, -0.2) is 0 Å². The highest BCUT2D eigenvalue weighted by Crippen LogP contribution is 2.45. The lowest BCUT2D eigenvalue weighted by molar-refractivity contribution is -0.0995. The molecule has 0 amide bonds. The van der Waals surface area contributed by atoms with E-state index in [2.05, 4.69) is 36.5 Å². The first-order chi connectivity index (χ1) is 9.77. The van der Waals surface area contributed by atoms with E-state index in [0.717, 1.165) is 25.1 Å². The molecule has 0 heterocycles. The highest BCUT2D eigenvalue weighted by molar-refractivity contribution is 5.32. The monoisotopic (exact) mass is 275 g/mol. The fourth-order valence-electron chi connectivity index (χ4n) is 3.06. The Hall–Kier alpha value is -1.06. The second-order valence-electron chi connectivity index (χ2n) is 6.00. The van der Waals surface area contributed by atoms with Crippen LogP contribution in [0, 0.1) is 0 Å². The van der Waals surface area contributed by atoms with Crippen molar-refractivity contribution in [2.24, 2.45) is 0 Å². The van der Waals surface area contributed by atoms with E-state index in [1.165, 1.54) is 24.8 Å². The van der Waals surface area contributed by atoms with Crippen LogP contribution in [0.2, 0.25) is 0 Å². The molecule has 3 rings (SSSR count). The summed E-state index contributed by atoms with van der Waals surface area (Å²) in [7, 11) is 1.84. The zero-order valence-electron chi connectivity index (χ0n) is 12.5. The van der Waals surface area contributed by atoms with E-state index in [0.29, 0.717) is 6.10 Å². The number of hydrogen-bond donors (Lipinski definition) is 1. The molecule has 110 valence electrons. The summed E-state index contributed by atoms with van der Waals surface area (Å²) in [6, 6.07) is 8.84. The smallest absolute Gasteiger partial charge is 0.119 e. The molecule has 1 unspecified atom stereocenters. The first-order valence-corrected chi connectivity index (χ1v) is 7.82. The number of likely N-dealkylation sites (N-methyl/N-ethyl adjacent to an activating group) is 1. The molecule has 0 aliphatic heterocycles. The zero-order chi connectivity index (χ0) is 14.0. The van der Waals surface area contributed by atoms with Crippen molar-refractivity contribution in [3.63, 3.8) is 0 Å². The number of nitrogens with one attached hydrogen (secondary N) is 1. The van der Waals surface area contributed by atoms with Gasteiger partial charge in [-0.2, -0.15) is 0 Å². The van der Waals surface area contributed by atoms with E-state index in [1.807, 2.05) is 7.11 Å². The average molecular weight is 275 g/mol. The topological polar surface area (TPSA) is 30.5 Å². The standard InChI is InChI=1S/C17H25NO2/c1-3-18-16(17(19-2)11-4-12-17)13-5-7-14(8-6-13)20-15-9-10-15/h5-8,15-16,18H,3-4,9-12H2,1-2H3. The Balaban J connectivity index is 1.75. The Morgan fingerprint density at radius 2 is 1.95 bits per heavy atom. The van der Waals surface area contributed by atoms with E-state index < -0.39 is 0 Å². The third kappa shape index (κ3) is 2.70. The number of methoxy groups -OCH3 is 1. The lowest BCUT2D eigenvalue weighted by Crippen LogP contribution is -2.50. The van der Waals surface area contributed by atoms with Crippen LogP contribution < -0.4 is 10.1 Å². The molecule has 1 aromatic carbocycles. The Kier molecular flexibility index (Phi) is 3.99. The van der Waals surface area contributed by atoms with Crippen molar-refractivity contribution >= 4 is 0 Å². The Labute approximate surface area is 121 Å². The van der Waals surface area contributed by atoms with Gasteiger partial charge in [-0.1, -0.05) is 19.1 Å². The van der Waals surface area contributed by atoms with Gasteiger partial charge in [0, 0.05) is 7.11 Å².